The molecule has 1 aromatic heterocycles. The number of amides is 1. The summed E-state index contributed by atoms with van der Waals surface area (Å²) in [7, 11) is 1.51. The third kappa shape index (κ3) is 4.30. The molecule has 5 nitrogen and oxygen atoms in total. The molecule has 0 saturated carbocycles. The van der Waals surface area contributed by atoms with Crippen molar-refractivity contribution in [3.8, 4) is 16.9 Å². The van der Waals surface area contributed by atoms with Crippen molar-refractivity contribution in [2.45, 2.75) is 18.9 Å². The summed E-state index contributed by atoms with van der Waals surface area (Å²) >= 11 is 6.09. The Bertz CT molecular complexity index is 1070. The molecule has 1 fully saturated rings. The number of nitrogens with zero attached hydrogens (tertiary/aromatic N) is 1. The van der Waals surface area contributed by atoms with Gasteiger partial charge in [-0.2, -0.15) is 0 Å². The van der Waals surface area contributed by atoms with Crippen LogP contribution in [0.5, 0.6) is 5.75 Å². The second kappa shape index (κ2) is 8.81. The van der Waals surface area contributed by atoms with Crippen molar-refractivity contribution >= 4 is 23.3 Å². The highest BCUT2D eigenvalue weighted by atomic mass is 35.5. The van der Waals surface area contributed by atoms with Gasteiger partial charge in [-0.3, -0.25) is 4.79 Å². The maximum Gasteiger partial charge on any atom is 0.242 e. The summed E-state index contributed by atoms with van der Waals surface area (Å²) in [6.07, 6.45) is 2.83. The topological polar surface area (TPSA) is 63.2 Å². The van der Waals surface area contributed by atoms with Crippen LogP contribution in [0.1, 0.15) is 17.5 Å². The van der Waals surface area contributed by atoms with Gasteiger partial charge in [-0.25, -0.2) is 9.37 Å². The fourth-order valence-corrected chi connectivity index (χ4v) is 3.56. The molecule has 0 unspecified atom stereocenters. The van der Waals surface area contributed by atoms with Crippen molar-refractivity contribution < 1.29 is 13.9 Å². The lowest BCUT2D eigenvalue weighted by Crippen LogP contribution is -2.50. The number of halogens is 2. The maximum atomic E-state index is 15.4. The van der Waals surface area contributed by atoms with Crippen molar-refractivity contribution in [1.29, 1.82) is 0 Å². The summed E-state index contributed by atoms with van der Waals surface area (Å²) in [5, 5.41) is 6.36. The van der Waals surface area contributed by atoms with Crippen molar-refractivity contribution in [3.63, 3.8) is 0 Å². The van der Waals surface area contributed by atoms with Crippen molar-refractivity contribution in [3.05, 3.63) is 76.7 Å². The molecule has 2 aromatic carbocycles. The number of rotatable bonds is 6. The van der Waals surface area contributed by atoms with E-state index in [0.717, 1.165) is 18.5 Å². The zero-order valence-electron chi connectivity index (χ0n) is 16.4. The van der Waals surface area contributed by atoms with Gasteiger partial charge in [-0.1, -0.05) is 35.9 Å². The molecule has 1 saturated heterocycles. The lowest BCUT2D eigenvalue weighted by molar-refractivity contribution is -0.119. The molecule has 0 bridgehead atoms. The van der Waals surface area contributed by atoms with Crippen LogP contribution in [0.4, 0.5) is 10.2 Å². The van der Waals surface area contributed by atoms with Crippen LogP contribution in [0.3, 0.4) is 0 Å². The average molecular weight is 426 g/mol. The van der Waals surface area contributed by atoms with E-state index >= 15 is 4.39 Å². The summed E-state index contributed by atoms with van der Waals surface area (Å²) in [6, 6.07) is 13.9. The number of methoxy groups -OCH3 is 1. The number of ether oxygens (including phenoxy) is 1. The molecule has 7 heteroatoms. The predicted octanol–water partition coefficient (Wildman–Crippen LogP) is 4.44. The highest BCUT2D eigenvalue weighted by Gasteiger charge is 2.24. The van der Waals surface area contributed by atoms with Crippen LogP contribution in [0.25, 0.3) is 11.1 Å². The van der Waals surface area contributed by atoms with E-state index in [1.807, 2.05) is 6.07 Å². The Labute approximate surface area is 179 Å². The first kappa shape index (κ1) is 20.3. The van der Waals surface area contributed by atoms with Gasteiger partial charge in [-0.15, -0.1) is 0 Å². The Balaban J connectivity index is 1.56. The molecule has 0 radical (unpaired) electrons. The Hall–Kier alpha value is -2.96. The van der Waals surface area contributed by atoms with E-state index < -0.39 is 0 Å². The van der Waals surface area contributed by atoms with Gasteiger partial charge in [-0.05, 0) is 53.9 Å². The minimum Gasteiger partial charge on any atom is -0.496 e. The van der Waals surface area contributed by atoms with E-state index in [9.17, 15) is 4.79 Å². The summed E-state index contributed by atoms with van der Waals surface area (Å²) in [4.78, 5) is 16.3. The highest BCUT2D eigenvalue weighted by molar-refractivity contribution is 6.30. The fraction of sp³-hybridized carbons (Fsp3) is 0.217. The molecule has 0 aliphatic carbocycles. The molecule has 154 valence electrons. The van der Waals surface area contributed by atoms with E-state index in [-0.39, 0.29) is 17.8 Å². The van der Waals surface area contributed by atoms with Crippen LogP contribution in [-0.4, -0.2) is 30.6 Å². The molecular formula is C23H21ClFN3O2. The third-order valence-corrected chi connectivity index (χ3v) is 5.36. The zero-order valence-corrected chi connectivity index (χ0v) is 17.2. The summed E-state index contributed by atoms with van der Waals surface area (Å²) in [5.74, 6) is 0.477. The number of aromatic nitrogens is 1. The average Bonchev–Trinajstić information content (AvgIpc) is 2.69. The number of benzene rings is 2. The number of carbonyl (C=O) groups is 1. The van der Waals surface area contributed by atoms with Gasteiger partial charge >= 0.3 is 0 Å². The molecule has 3 aromatic rings. The number of hydrogen-bond donors (Lipinski definition) is 2. The SMILES string of the molecule is COc1ccc(Cc2ccc(NC(=O)[C@H]3CCN3)nc2)c(F)c1-c1cccc(Cl)c1. The monoisotopic (exact) mass is 425 g/mol. The normalized spacial score (nSPS) is 15.4. The van der Waals surface area contributed by atoms with E-state index in [1.54, 1.807) is 48.7 Å². The Morgan fingerprint density at radius 1 is 1.30 bits per heavy atom. The Kier molecular flexibility index (Phi) is 5.97. The van der Waals surface area contributed by atoms with Gasteiger partial charge < -0.3 is 15.4 Å². The predicted molar refractivity (Wildman–Crippen MR) is 115 cm³/mol. The molecule has 1 aliphatic heterocycles. The van der Waals surface area contributed by atoms with Gasteiger partial charge in [0.15, 0.2) is 0 Å². The molecule has 1 aliphatic rings. The van der Waals surface area contributed by atoms with E-state index in [0.29, 0.717) is 39.7 Å². The van der Waals surface area contributed by atoms with E-state index in [2.05, 4.69) is 15.6 Å². The molecule has 1 atom stereocenters. The Morgan fingerprint density at radius 3 is 2.77 bits per heavy atom. The summed E-state index contributed by atoms with van der Waals surface area (Å²) in [6.45, 7) is 0.856. The highest BCUT2D eigenvalue weighted by Crippen LogP contribution is 2.36. The van der Waals surface area contributed by atoms with Crippen LogP contribution >= 0.6 is 11.6 Å². The van der Waals surface area contributed by atoms with E-state index in [1.165, 1.54) is 7.11 Å². The lowest BCUT2D eigenvalue weighted by atomic mass is 9.97. The summed E-state index contributed by atoms with van der Waals surface area (Å²) < 4.78 is 20.8. The van der Waals surface area contributed by atoms with Gasteiger partial charge in [0.05, 0.1) is 18.7 Å². The molecule has 1 amide bonds. The van der Waals surface area contributed by atoms with Crippen LogP contribution in [-0.2, 0) is 11.2 Å². The van der Waals surface area contributed by atoms with Gasteiger partial charge in [0.2, 0.25) is 5.91 Å². The first-order chi connectivity index (χ1) is 14.5. The second-order valence-electron chi connectivity index (χ2n) is 7.14. The molecule has 2 N–H and O–H groups in total. The fourth-order valence-electron chi connectivity index (χ4n) is 3.37. The minimum absolute atomic E-state index is 0.0890. The van der Waals surface area contributed by atoms with Crippen LogP contribution in [0, 0.1) is 5.82 Å². The molecule has 0 spiro atoms. The quantitative estimate of drug-likeness (QED) is 0.612. The third-order valence-electron chi connectivity index (χ3n) is 5.13. The van der Waals surface area contributed by atoms with Gasteiger partial charge in [0.1, 0.15) is 17.4 Å². The first-order valence-corrected chi connectivity index (χ1v) is 10.0. The number of nitrogens with one attached hydrogen (secondary N) is 2. The van der Waals surface area contributed by atoms with Crippen LogP contribution in [0.15, 0.2) is 54.7 Å². The molecule has 30 heavy (non-hydrogen) atoms. The van der Waals surface area contributed by atoms with Gasteiger partial charge in [0, 0.05) is 17.6 Å². The van der Waals surface area contributed by atoms with Crippen LogP contribution < -0.4 is 15.4 Å². The number of hydrogen-bond acceptors (Lipinski definition) is 4. The van der Waals surface area contributed by atoms with Crippen LogP contribution in [0.2, 0.25) is 5.02 Å². The number of pyridine rings is 1. The van der Waals surface area contributed by atoms with Crippen molar-refractivity contribution in [2.24, 2.45) is 0 Å². The number of carbonyl (C=O) groups excluding carboxylic acids is 1. The maximum absolute atomic E-state index is 15.4. The molecule has 4 rings (SSSR count). The smallest absolute Gasteiger partial charge is 0.242 e. The lowest BCUT2D eigenvalue weighted by Gasteiger charge is -2.25. The zero-order chi connectivity index (χ0) is 21.1. The van der Waals surface area contributed by atoms with Crippen molar-refractivity contribution in [2.75, 3.05) is 19.0 Å². The first-order valence-electron chi connectivity index (χ1n) is 9.65. The van der Waals surface area contributed by atoms with Gasteiger partial charge in [0.25, 0.3) is 0 Å². The second-order valence-corrected chi connectivity index (χ2v) is 7.58. The van der Waals surface area contributed by atoms with Crippen molar-refractivity contribution in [1.82, 2.24) is 10.3 Å². The Morgan fingerprint density at radius 2 is 2.13 bits per heavy atom. The largest absolute Gasteiger partial charge is 0.496 e. The standard InChI is InChI=1S/C23H21ClFN3O2/c1-30-19-7-6-16(22(25)21(19)15-3-2-4-17(24)12-15)11-14-5-8-20(27-13-14)28-23(29)18-9-10-26-18/h2-8,12-13,18,26H,9-11H2,1H3,(H,27,28,29)/t18-/m1/s1. The number of anilines is 1. The van der Waals surface area contributed by atoms with E-state index in [4.69, 9.17) is 16.3 Å². The summed E-state index contributed by atoms with van der Waals surface area (Å²) in [5.41, 5.74) is 2.38. The molecular weight excluding hydrogens is 405 g/mol. The minimum atomic E-state index is -0.356. The molecule has 2 heterocycles.